The predicted molar refractivity (Wildman–Crippen MR) is 87.3 cm³/mol. The number of benzene rings is 1. The maximum absolute atomic E-state index is 11.1. The van der Waals surface area contributed by atoms with Crippen LogP contribution in [-0.4, -0.2) is 31.2 Å². The van der Waals surface area contributed by atoms with Crippen LogP contribution in [0, 0.1) is 0 Å². The first-order valence-corrected chi connectivity index (χ1v) is 8.06. The van der Waals surface area contributed by atoms with Crippen molar-refractivity contribution in [1.29, 1.82) is 0 Å². The maximum Gasteiger partial charge on any atom is 0.248 e. The van der Waals surface area contributed by atoms with Gasteiger partial charge in [-0.2, -0.15) is 0 Å². The molecule has 21 heavy (non-hydrogen) atoms. The molecule has 0 aliphatic heterocycles. The highest BCUT2D eigenvalue weighted by atomic mass is 79.9. The molecule has 5 N–H and O–H groups in total. The zero-order valence-corrected chi connectivity index (χ0v) is 13.6. The molecule has 0 spiro atoms. The Bertz CT molecular complexity index is 488. The number of hydrogen-bond donors (Lipinski definition) is 3. The van der Waals surface area contributed by atoms with Gasteiger partial charge in [-0.3, -0.25) is 4.79 Å². The number of amides is 1. The predicted octanol–water partition coefficient (Wildman–Crippen LogP) is 2.25. The van der Waals surface area contributed by atoms with Gasteiger partial charge in [0.25, 0.3) is 0 Å². The van der Waals surface area contributed by atoms with Crippen LogP contribution in [0.3, 0.4) is 0 Å². The van der Waals surface area contributed by atoms with Crippen LogP contribution in [0.25, 0.3) is 0 Å². The maximum atomic E-state index is 11.1. The number of hydrogen-bond acceptors (Lipinski definition) is 4. The number of nitrogens with one attached hydrogen (secondary N) is 1. The van der Waals surface area contributed by atoms with Gasteiger partial charge in [0, 0.05) is 28.3 Å². The third-order valence-electron chi connectivity index (χ3n) is 3.74. The second kappa shape index (κ2) is 7.77. The third-order valence-corrected chi connectivity index (χ3v) is 4.40. The molecule has 5 nitrogen and oxygen atoms in total. The summed E-state index contributed by atoms with van der Waals surface area (Å²) in [5.41, 5.74) is 12.5. The fourth-order valence-corrected chi connectivity index (χ4v) is 3.00. The summed E-state index contributed by atoms with van der Waals surface area (Å²) >= 11 is 3.43. The van der Waals surface area contributed by atoms with E-state index in [-0.39, 0.29) is 0 Å². The van der Waals surface area contributed by atoms with Crippen LogP contribution in [0.2, 0.25) is 0 Å². The monoisotopic (exact) mass is 355 g/mol. The van der Waals surface area contributed by atoms with Gasteiger partial charge in [0.2, 0.25) is 5.91 Å². The van der Waals surface area contributed by atoms with E-state index in [9.17, 15) is 4.79 Å². The van der Waals surface area contributed by atoms with E-state index in [0.717, 1.165) is 42.4 Å². The zero-order chi connectivity index (χ0) is 15.2. The topological polar surface area (TPSA) is 90.4 Å². The molecule has 2 rings (SSSR count). The van der Waals surface area contributed by atoms with Crippen LogP contribution in [0.5, 0.6) is 0 Å². The second-order valence-corrected chi connectivity index (χ2v) is 6.25. The first-order valence-electron chi connectivity index (χ1n) is 7.26. The van der Waals surface area contributed by atoms with Gasteiger partial charge in [-0.15, -0.1) is 0 Å². The lowest BCUT2D eigenvalue weighted by Gasteiger charge is -2.26. The first-order chi connectivity index (χ1) is 10.1. The summed E-state index contributed by atoms with van der Waals surface area (Å²) in [6.07, 6.45) is 4.56. The molecule has 0 saturated heterocycles. The van der Waals surface area contributed by atoms with Gasteiger partial charge < -0.3 is 21.5 Å². The van der Waals surface area contributed by atoms with E-state index in [0.29, 0.717) is 24.3 Å². The molecule has 6 heteroatoms. The first kappa shape index (κ1) is 16.3. The normalized spacial score (nSPS) is 22.0. The Morgan fingerprint density at radius 2 is 2.05 bits per heavy atom. The summed E-state index contributed by atoms with van der Waals surface area (Å²) in [5, 5.41) is 3.28. The Morgan fingerprint density at radius 1 is 1.33 bits per heavy atom. The average Bonchev–Trinajstić information content (AvgIpc) is 2.46. The van der Waals surface area contributed by atoms with Crippen LogP contribution >= 0.6 is 15.9 Å². The second-order valence-electron chi connectivity index (χ2n) is 5.39. The van der Waals surface area contributed by atoms with Crippen LogP contribution in [0.4, 0.5) is 5.69 Å². The Morgan fingerprint density at radius 3 is 2.67 bits per heavy atom. The highest BCUT2D eigenvalue weighted by molar-refractivity contribution is 9.10. The molecule has 1 aromatic rings. The molecule has 1 aromatic carbocycles. The van der Waals surface area contributed by atoms with Crippen molar-refractivity contribution in [2.24, 2.45) is 11.5 Å². The largest absolute Gasteiger partial charge is 0.382 e. The van der Waals surface area contributed by atoms with Gasteiger partial charge in [-0.1, -0.05) is 0 Å². The van der Waals surface area contributed by atoms with Gasteiger partial charge in [0.1, 0.15) is 0 Å². The lowest BCUT2D eigenvalue weighted by atomic mass is 9.94. The highest BCUT2D eigenvalue weighted by Gasteiger charge is 2.18. The van der Waals surface area contributed by atoms with E-state index in [1.54, 1.807) is 12.1 Å². The molecule has 0 atom stereocenters. The average molecular weight is 356 g/mol. The smallest absolute Gasteiger partial charge is 0.248 e. The Balaban J connectivity index is 1.72. The van der Waals surface area contributed by atoms with Gasteiger partial charge >= 0.3 is 0 Å². The minimum Gasteiger partial charge on any atom is -0.382 e. The molecule has 0 heterocycles. The molecule has 0 unspecified atom stereocenters. The molecular formula is C15H22BrN3O2. The van der Waals surface area contributed by atoms with Crippen molar-refractivity contribution in [3.63, 3.8) is 0 Å². The summed E-state index contributed by atoms with van der Waals surface area (Å²) in [6.45, 7) is 1.38. The fourth-order valence-electron chi connectivity index (χ4n) is 2.48. The third kappa shape index (κ3) is 4.98. The van der Waals surface area contributed by atoms with Crippen molar-refractivity contribution in [3.05, 3.63) is 28.2 Å². The molecule has 1 aliphatic carbocycles. The van der Waals surface area contributed by atoms with Crippen molar-refractivity contribution in [2.75, 3.05) is 18.5 Å². The van der Waals surface area contributed by atoms with Crippen molar-refractivity contribution >= 4 is 27.5 Å². The van der Waals surface area contributed by atoms with Crippen LogP contribution in [0.1, 0.15) is 36.0 Å². The Kier molecular flexibility index (Phi) is 6.02. The van der Waals surface area contributed by atoms with E-state index >= 15 is 0 Å². The molecule has 116 valence electrons. The summed E-state index contributed by atoms with van der Waals surface area (Å²) < 4.78 is 6.67. The van der Waals surface area contributed by atoms with Crippen molar-refractivity contribution in [1.82, 2.24) is 0 Å². The molecule has 0 radical (unpaired) electrons. The van der Waals surface area contributed by atoms with E-state index in [1.807, 2.05) is 6.07 Å². The molecule has 1 fully saturated rings. The lowest BCUT2D eigenvalue weighted by molar-refractivity contribution is 0.0313. The fraction of sp³-hybridized carbons (Fsp3) is 0.533. The van der Waals surface area contributed by atoms with Crippen LogP contribution in [-0.2, 0) is 4.74 Å². The summed E-state index contributed by atoms with van der Waals surface area (Å²) in [6, 6.07) is 5.61. The molecule has 0 aromatic heterocycles. The minimum absolute atomic E-state index is 0.340. The standard InChI is InChI=1S/C15H22BrN3O2/c16-13-9-10(15(18)20)1-6-14(13)19-7-8-21-12-4-2-11(17)3-5-12/h1,6,9,11-12,19H,2-5,7-8,17H2,(H2,18,20). The minimum atomic E-state index is -0.430. The highest BCUT2D eigenvalue weighted by Crippen LogP contribution is 2.23. The summed E-state index contributed by atoms with van der Waals surface area (Å²) in [5.74, 6) is -0.430. The quantitative estimate of drug-likeness (QED) is 0.682. The molecule has 1 amide bonds. The van der Waals surface area contributed by atoms with Crippen molar-refractivity contribution < 1.29 is 9.53 Å². The number of nitrogens with two attached hydrogens (primary N) is 2. The van der Waals surface area contributed by atoms with Crippen LogP contribution in [0.15, 0.2) is 22.7 Å². The lowest BCUT2D eigenvalue weighted by Crippen LogP contribution is -2.31. The van der Waals surface area contributed by atoms with Gasteiger partial charge in [-0.05, 0) is 59.8 Å². The van der Waals surface area contributed by atoms with E-state index in [2.05, 4.69) is 21.2 Å². The van der Waals surface area contributed by atoms with Crippen molar-refractivity contribution in [2.45, 2.75) is 37.8 Å². The van der Waals surface area contributed by atoms with Gasteiger partial charge in [0.15, 0.2) is 0 Å². The summed E-state index contributed by atoms with van der Waals surface area (Å²) in [7, 11) is 0. The van der Waals surface area contributed by atoms with Crippen LogP contribution < -0.4 is 16.8 Å². The zero-order valence-electron chi connectivity index (χ0n) is 12.0. The number of rotatable bonds is 6. The van der Waals surface area contributed by atoms with E-state index < -0.39 is 5.91 Å². The number of anilines is 1. The Labute approximate surface area is 133 Å². The number of primary amides is 1. The number of carbonyl (C=O) groups is 1. The molecule has 1 aliphatic rings. The van der Waals surface area contributed by atoms with Gasteiger partial charge in [0.05, 0.1) is 12.7 Å². The van der Waals surface area contributed by atoms with Gasteiger partial charge in [-0.25, -0.2) is 0 Å². The van der Waals surface area contributed by atoms with E-state index in [4.69, 9.17) is 16.2 Å². The van der Waals surface area contributed by atoms with E-state index in [1.165, 1.54) is 0 Å². The number of ether oxygens (including phenoxy) is 1. The molecule has 0 bridgehead atoms. The SMILES string of the molecule is NC(=O)c1ccc(NCCOC2CCC(N)CC2)c(Br)c1. The summed E-state index contributed by atoms with van der Waals surface area (Å²) in [4.78, 5) is 11.1. The van der Waals surface area contributed by atoms with Crippen molar-refractivity contribution in [3.8, 4) is 0 Å². The molecule has 1 saturated carbocycles. The Hall–Kier alpha value is -1.11. The molecular weight excluding hydrogens is 334 g/mol. The number of carbonyl (C=O) groups excluding carboxylic acids is 1. The number of halogens is 1.